The molecule has 0 rings (SSSR count). The Bertz CT molecular complexity index is 392. The van der Waals surface area contributed by atoms with E-state index < -0.39 is 0 Å². The van der Waals surface area contributed by atoms with E-state index in [4.69, 9.17) is 4.74 Å². The van der Waals surface area contributed by atoms with E-state index in [1.54, 1.807) is 6.92 Å². The van der Waals surface area contributed by atoms with Crippen molar-refractivity contribution in [2.75, 3.05) is 6.61 Å². The number of Topliss-reactive ketones (excluding diaryl/α,β-unsaturated/α-hetero) is 1. The quantitative estimate of drug-likeness (QED) is 0.247. The second kappa shape index (κ2) is 16.7. The zero-order valence-electron chi connectivity index (χ0n) is 14.8. The Morgan fingerprint density at radius 3 is 2.04 bits per heavy atom. The third-order valence-electron chi connectivity index (χ3n) is 3.32. The standard InChI is InChI=1S/C20H32O3/c1-3-5-6-7-8-9-10-11-12-13-14-15-16-19(21)17-18-20(22)23-4-2/h7-12H,3-6,13-18H2,1-2H3. The van der Waals surface area contributed by atoms with Gasteiger partial charge in [-0.05, 0) is 32.6 Å². The number of hydrogen-bond acceptors (Lipinski definition) is 3. The lowest BCUT2D eigenvalue weighted by Crippen LogP contribution is -2.07. The van der Waals surface area contributed by atoms with Crippen molar-refractivity contribution >= 4 is 11.8 Å². The summed E-state index contributed by atoms with van der Waals surface area (Å²) >= 11 is 0. The van der Waals surface area contributed by atoms with Crippen molar-refractivity contribution < 1.29 is 14.3 Å². The summed E-state index contributed by atoms with van der Waals surface area (Å²) in [6.07, 6.45) is 20.1. The highest BCUT2D eigenvalue weighted by Crippen LogP contribution is 2.05. The number of carbonyl (C=O) groups excluding carboxylic acids is 2. The summed E-state index contributed by atoms with van der Waals surface area (Å²) in [6.45, 7) is 4.34. The van der Waals surface area contributed by atoms with Gasteiger partial charge in [0.15, 0.2) is 0 Å². The number of esters is 1. The highest BCUT2D eigenvalue weighted by atomic mass is 16.5. The minimum absolute atomic E-state index is 0.152. The molecule has 130 valence electrons. The van der Waals surface area contributed by atoms with Gasteiger partial charge in [-0.3, -0.25) is 9.59 Å². The van der Waals surface area contributed by atoms with Gasteiger partial charge in [-0.2, -0.15) is 0 Å². The van der Waals surface area contributed by atoms with E-state index in [9.17, 15) is 9.59 Å². The molecule has 0 unspecified atom stereocenters. The summed E-state index contributed by atoms with van der Waals surface area (Å²) in [5.41, 5.74) is 0. The highest BCUT2D eigenvalue weighted by Gasteiger charge is 2.06. The Hall–Kier alpha value is -1.64. The van der Waals surface area contributed by atoms with E-state index in [2.05, 4.69) is 25.2 Å². The number of carbonyl (C=O) groups is 2. The molecule has 0 aromatic carbocycles. The molecule has 0 atom stereocenters. The van der Waals surface area contributed by atoms with Crippen molar-refractivity contribution in [2.24, 2.45) is 0 Å². The van der Waals surface area contributed by atoms with E-state index >= 15 is 0 Å². The molecule has 0 spiro atoms. The average molecular weight is 320 g/mol. The lowest BCUT2D eigenvalue weighted by molar-refractivity contribution is -0.144. The number of ether oxygens (including phenoxy) is 1. The normalized spacial score (nSPS) is 11.7. The third kappa shape index (κ3) is 16.6. The molecule has 0 heterocycles. The largest absolute Gasteiger partial charge is 0.466 e. The summed E-state index contributed by atoms with van der Waals surface area (Å²) < 4.78 is 4.80. The van der Waals surface area contributed by atoms with Crippen molar-refractivity contribution in [1.29, 1.82) is 0 Å². The number of allylic oxidation sites excluding steroid dienone is 6. The second-order valence-electron chi connectivity index (χ2n) is 5.47. The first-order valence-electron chi connectivity index (χ1n) is 8.86. The van der Waals surface area contributed by atoms with Gasteiger partial charge >= 0.3 is 5.97 Å². The molecule has 0 aliphatic rings. The van der Waals surface area contributed by atoms with Crippen molar-refractivity contribution in [3.8, 4) is 0 Å². The van der Waals surface area contributed by atoms with Crippen LogP contribution in [0.25, 0.3) is 0 Å². The molecule has 0 N–H and O–H groups in total. The second-order valence-corrected chi connectivity index (χ2v) is 5.47. The number of ketones is 1. The van der Waals surface area contributed by atoms with Crippen LogP contribution in [0.5, 0.6) is 0 Å². The van der Waals surface area contributed by atoms with Gasteiger partial charge in [-0.15, -0.1) is 0 Å². The van der Waals surface area contributed by atoms with Crippen LogP contribution in [0.2, 0.25) is 0 Å². The van der Waals surface area contributed by atoms with Gasteiger partial charge in [-0.25, -0.2) is 0 Å². The first-order chi connectivity index (χ1) is 11.2. The molecule has 0 bridgehead atoms. The zero-order valence-corrected chi connectivity index (χ0v) is 14.8. The van der Waals surface area contributed by atoms with Gasteiger partial charge in [0.05, 0.1) is 13.0 Å². The van der Waals surface area contributed by atoms with Crippen molar-refractivity contribution in [1.82, 2.24) is 0 Å². The summed E-state index contributed by atoms with van der Waals surface area (Å²) in [5, 5.41) is 0. The Kier molecular flexibility index (Phi) is 15.5. The molecular formula is C20H32O3. The van der Waals surface area contributed by atoms with Gasteiger partial charge in [0.1, 0.15) is 5.78 Å². The Morgan fingerprint density at radius 2 is 1.43 bits per heavy atom. The maximum absolute atomic E-state index is 11.6. The van der Waals surface area contributed by atoms with Crippen LogP contribution in [0.15, 0.2) is 36.5 Å². The van der Waals surface area contributed by atoms with Gasteiger partial charge in [0, 0.05) is 12.8 Å². The van der Waals surface area contributed by atoms with Crippen molar-refractivity contribution in [3.05, 3.63) is 36.5 Å². The molecule has 3 nitrogen and oxygen atoms in total. The fraction of sp³-hybridized carbons (Fsp3) is 0.600. The fourth-order valence-corrected chi connectivity index (χ4v) is 1.98. The van der Waals surface area contributed by atoms with E-state index in [-0.39, 0.29) is 18.2 Å². The Balaban J connectivity index is 3.52. The molecule has 0 aromatic rings. The SMILES string of the molecule is CCCCC=CC=CC=CCCCCC(=O)CCC(=O)OCC. The smallest absolute Gasteiger partial charge is 0.306 e. The van der Waals surface area contributed by atoms with Crippen LogP contribution < -0.4 is 0 Å². The lowest BCUT2D eigenvalue weighted by atomic mass is 10.1. The van der Waals surface area contributed by atoms with Gasteiger partial charge in [0.2, 0.25) is 0 Å². The van der Waals surface area contributed by atoms with Crippen molar-refractivity contribution in [2.45, 2.75) is 71.6 Å². The van der Waals surface area contributed by atoms with Crippen LogP contribution in [0, 0.1) is 0 Å². The van der Waals surface area contributed by atoms with Crippen molar-refractivity contribution in [3.63, 3.8) is 0 Å². The molecule has 0 aliphatic carbocycles. The predicted molar refractivity (Wildman–Crippen MR) is 96.3 cm³/mol. The molecule has 0 saturated carbocycles. The molecule has 0 aliphatic heterocycles. The van der Waals surface area contributed by atoms with Crippen LogP contribution in [-0.4, -0.2) is 18.4 Å². The summed E-state index contributed by atoms with van der Waals surface area (Å²) in [7, 11) is 0. The Labute approximate surface area is 141 Å². The lowest BCUT2D eigenvalue weighted by Gasteiger charge is -2.01. The molecule has 0 saturated heterocycles. The molecule has 3 heteroatoms. The first-order valence-corrected chi connectivity index (χ1v) is 8.86. The van der Waals surface area contributed by atoms with E-state index in [1.807, 2.05) is 18.2 Å². The van der Waals surface area contributed by atoms with Crippen LogP contribution in [0.3, 0.4) is 0 Å². The number of unbranched alkanes of at least 4 members (excludes halogenated alkanes) is 4. The number of hydrogen-bond donors (Lipinski definition) is 0. The molecule has 0 amide bonds. The first kappa shape index (κ1) is 21.4. The third-order valence-corrected chi connectivity index (χ3v) is 3.32. The maximum atomic E-state index is 11.6. The van der Waals surface area contributed by atoms with E-state index in [1.165, 1.54) is 12.8 Å². The van der Waals surface area contributed by atoms with E-state index in [0.717, 1.165) is 25.7 Å². The predicted octanol–water partition coefficient (Wildman–Crippen LogP) is 5.32. The number of rotatable bonds is 14. The average Bonchev–Trinajstić information content (AvgIpc) is 2.54. The molecule has 0 aromatic heterocycles. The maximum Gasteiger partial charge on any atom is 0.306 e. The monoisotopic (exact) mass is 320 g/mol. The van der Waals surface area contributed by atoms with Crippen LogP contribution >= 0.6 is 0 Å². The van der Waals surface area contributed by atoms with Crippen LogP contribution in [0.4, 0.5) is 0 Å². The summed E-state index contributed by atoms with van der Waals surface area (Å²) in [6, 6.07) is 0. The van der Waals surface area contributed by atoms with Gasteiger partial charge in [-0.1, -0.05) is 56.2 Å². The van der Waals surface area contributed by atoms with Gasteiger partial charge in [0.25, 0.3) is 0 Å². The van der Waals surface area contributed by atoms with Crippen LogP contribution in [0.1, 0.15) is 71.6 Å². The molecule has 23 heavy (non-hydrogen) atoms. The summed E-state index contributed by atoms with van der Waals surface area (Å²) in [5.74, 6) is -0.126. The Morgan fingerprint density at radius 1 is 0.783 bits per heavy atom. The topological polar surface area (TPSA) is 43.4 Å². The summed E-state index contributed by atoms with van der Waals surface area (Å²) in [4.78, 5) is 22.7. The van der Waals surface area contributed by atoms with Gasteiger partial charge < -0.3 is 4.74 Å². The van der Waals surface area contributed by atoms with Crippen LogP contribution in [-0.2, 0) is 14.3 Å². The van der Waals surface area contributed by atoms with E-state index in [0.29, 0.717) is 19.4 Å². The highest BCUT2D eigenvalue weighted by molar-refractivity contribution is 5.82. The molecule has 0 fully saturated rings. The molecule has 0 radical (unpaired) electrons. The molecular weight excluding hydrogens is 288 g/mol. The minimum Gasteiger partial charge on any atom is -0.466 e. The minimum atomic E-state index is -0.278. The fourth-order valence-electron chi connectivity index (χ4n) is 1.98. The zero-order chi connectivity index (χ0) is 17.2.